The first kappa shape index (κ1) is 18.6. The highest BCUT2D eigenvalue weighted by molar-refractivity contribution is 6.38. The molecule has 0 bridgehead atoms. The lowest BCUT2D eigenvalue weighted by Crippen LogP contribution is -2.49. The number of hydrogen-bond donors (Lipinski definition) is 0. The van der Waals surface area contributed by atoms with Crippen molar-refractivity contribution in [3.63, 3.8) is 0 Å². The Morgan fingerprint density at radius 1 is 1.10 bits per heavy atom. The first-order valence-electron chi connectivity index (χ1n) is 10.6. The normalized spacial score (nSPS) is 21.9. The Morgan fingerprint density at radius 2 is 1.86 bits per heavy atom. The summed E-state index contributed by atoms with van der Waals surface area (Å²) in [6, 6.07) is 10.2. The molecule has 0 spiro atoms. The molecule has 1 aliphatic heterocycles. The first-order chi connectivity index (χ1) is 14.1. The molecule has 2 aromatic heterocycles. The van der Waals surface area contributed by atoms with Crippen molar-refractivity contribution < 1.29 is 4.79 Å². The molecule has 2 aliphatic rings. The lowest BCUT2D eigenvalue weighted by atomic mass is 9.78. The van der Waals surface area contributed by atoms with Gasteiger partial charge >= 0.3 is 0 Å². The summed E-state index contributed by atoms with van der Waals surface area (Å²) in [7, 11) is 0. The van der Waals surface area contributed by atoms with Crippen LogP contribution in [0.5, 0.6) is 0 Å². The van der Waals surface area contributed by atoms with Crippen molar-refractivity contribution in [2.24, 2.45) is 5.92 Å². The number of aryl methyl sites for hydroxylation is 1. The van der Waals surface area contributed by atoms with E-state index in [-0.39, 0.29) is 5.91 Å². The largest absolute Gasteiger partial charge is 0.335 e. The van der Waals surface area contributed by atoms with E-state index in [0.29, 0.717) is 28.2 Å². The van der Waals surface area contributed by atoms with E-state index in [9.17, 15) is 4.79 Å². The summed E-state index contributed by atoms with van der Waals surface area (Å²) < 4.78 is 1.79. The number of pyridine rings is 1. The third kappa shape index (κ3) is 3.12. The third-order valence-corrected chi connectivity index (χ3v) is 6.94. The minimum absolute atomic E-state index is 0.0212. The number of rotatable bonds is 2. The van der Waals surface area contributed by atoms with Crippen molar-refractivity contribution in [1.29, 1.82) is 0 Å². The number of likely N-dealkylation sites (tertiary alicyclic amines) is 1. The molecule has 5 rings (SSSR count). The van der Waals surface area contributed by atoms with Crippen LogP contribution in [-0.2, 0) is 0 Å². The summed E-state index contributed by atoms with van der Waals surface area (Å²) in [5.74, 6) is 0.660. The van der Waals surface area contributed by atoms with Gasteiger partial charge in [-0.25, -0.2) is 9.67 Å². The molecule has 5 nitrogen and oxygen atoms in total. The van der Waals surface area contributed by atoms with Crippen LogP contribution in [0, 0.1) is 12.8 Å². The van der Waals surface area contributed by atoms with Gasteiger partial charge in [-0.1, -0.05) is 42.6 Å². The zero-order valence-electron chi connectivity index (χ0n) is 16.6. The van der Waals surface area contributed by atoms with Crippen LogP contribution in [0.2, 0.25) is 5.02 Å². The van der Waals surface area contributed by atoms with Gasteiger partial charge < -0.3 is 4.90 Å². The zero-order valence-corrected chi connectivity index (χ0v) is 17.4. The molecule has 1 aliphatic carbocycles. The molecule has 29 heavy (non-hydrogen) atoms. The molecule has 1 amide bonds. The SMILES string of the molecule is Cc1nn(-c2ccccc2)c2ncc(C(=O)N3CCC[C@@H]4CCCC[C@@H]43)c(Cl)c12. The van der Waals surface area contributed by atoms with Crippen LogP contribution in [0.15, 0.2) is 36.5 Å². The van der Waals surface area contributed by atoms with E-state index in [1.54, 1.807) is 10.9 Å². The highest BCUT2D eigenvalue weighted by Gasteiger charge is 2.37. The van der Waals surface area contributed by atoms with Crippen molar-refractivity contribution in [3.05, 3.63) is 52.8 Å². The number of fused-ring (bicyclic) bond motifs is 2. The monoisotopic (exact) mass is 408 g/mol. The smallest absolute Gasteiger partial charge is 0.257 e. The highest BCUT2D eigenvalue weighted by Crippen LogP contribution is 2.37. The van der Waals surface area contributed by atoms with Crippen molar-refractivity contribution >= 4 is 28.5 Å². The second-order valence-electron chi connectivity index (χ2n) is 8.27. The van der Waals surface area contributed by atoms with Gasteiger partial charge in [-0.2, -0.15) is 5.10 Å². The molecule has 0 unspecified atom stereocenters. The molecule has 0 radical (unpaired) electrons. The number of piperidine rings is 1. The van der Waals surface area contributed by atoms with E-state index >= 15 is 0 Å². The van der Waals surface area contributed by atoms with Crippen molar-refractivity contribution in [3.8, 4) is 5.69 Å². The molecule has 150 valence electrons. The van der Waals surface area contributed by atoms with Crippen LogP contribution < -0.4 is 0 Å². The van der Waals surface area contributed by atoms with Gasteiger partial charge in [-0.15, -0.1) is 0 Å². The maximum absolute atomic E-state index is 13.5. The first-order valence-corrected chi connectivity index (χ1v) is 10.9. The number of para-hydroxylation sites is 1. The molecule has 1 aromatic carbocycles. The summed E-state index contributed by atoms with van der Waals surface area (Å²) in [4.78, 5) is 20.2. The summed E-state index contributed by atoms with van der Waals surface area (Å²) >= 11 is 6.80. The molecule has 3 aromatic rings. The van der Waals surface area contributed by atoms with E-state index in [1.165, 1.54) is 25.7 Å². The predicted octanol–water partition coefficient (Wildman–Crippen LogP) is 5.18. The predicted molar refractivity (Wildman–Crippen MR) is 115 cm³/mol. The van der Waals surface area contributed by atoms with Gasteiger partial charge in [0.05, 0.1) is 27.4 Å². The Balaban J connectivity index is 1.55. The van der Waals surface area contributed by atoms with E-state index in [2.05, 4.69) is 15.0 Å². The quantitative estimate of drug-likeness (QED) is 0.587. The minimum atomic E-state index is 0.0212. The van der Waals surface area contributed by atoms with Gasteiger partial charge in [0.15, 0.2) is 5.65 Å². The molecular weight excluding hydrogens is 384 g/mol. The number of carbonyl (C=O) groups is 1. The maximum atomic E-state index is 13.5. The fraction of sp³-hybridized carbons (Fsp3) is 0.435. The molecule has 1 saturated carbocycles. The van der Waals surface area contributed by atoms with Crippen LogP contribution >= 0.6 is 11.6 Å². The Labute approximate surface area is 175 Å². The number of amides is 1. The zero-order chi connectivity index (χ0) is 20.0. The van der Waals surface area contributed by atoms with E-state index in [0.717, 1.165) is 36.2 Å². The molecular formula is C23H25ClN4O. The molecule has 3 heterocycles. The number of nitrogens with zero attached hydrogens (tertiary/aromatic N) is 4. The Morgan fingerprint density at radius 3 is 2.69 bits per heavy atom. The fourth-order valence-electron chi connectivity index (χ4n) is 5.14. The van der Waals surface area contributed by atoms with E-state index < -0.39 is 0 Å². The number of aromatic nitrogens is 3. The number of halogens is 1. The number of benzene rings is 1. The fourth-order valence-corrected chi connectivity index (χ4v) is 5.49. The molecule has 0 N–H and O–H groups in total. The average Bonchev–Trinajstić information content (AvgIpc) is 3.11. The topological polar surface area (TPSA) is 51.0 Å². The van der Waals surface area contributed by atoms with Crippen LogP contribution in [0.4, 0.5) is 0 Å². The second kappa shape index (κ2) is 7.45. The van der Waals surface area contributed by atoms with Crippen LogP contribution in [0.25, 0.3) is 16.7 Å². The Bertz CT molecular complexity index is 1060. The van der Waals surface area contributed by atoms with Gasteiger partial charge in [0.25, 0.3) is 5.91 Å². The van der Waals surface area contributed by atoms with Crippen molar-refractivity contribution in [1.82, 2.24) is 19.7 Å². The third-order valence-electron chi connectivity index (χ3n) is 6.54. The second-order valence-corrected chi connectivity index (χ2v) is 8.65. The molecule has 1 saturated heterocycles. The van der Waals surface area contributed by atoms with Crippen molar-refractivity contribution in [2.75, 3.05) is 6.54 Å². The number of carbonyl (C=O) groups excluding carboxylic acids is 1. The van der Waals surface area contributed by atoms with Crippen LogP contribution in [0.1, 0.15) is 54.6 Å². The van der Waals surface area contributed by atoms with E-state index in [4.69, 9.17) is 11.6 Å². The molecule has 6 heteroatoms. The highest BCUT2D eigenvalue weighted by atomic mass is 35.5. The minimum Gasteiger partial charge on any atom is -0.335 e. The van der Waals surface area contributed by atoms with Crippen LogP contribution in [0.3, 0.4) is 0 Å². The lowest BCUT2D eigenvalue weighted by molar-refractivity contribution is 0.0390. The molecule has 2 fully saturated rings. The Hall–Kier alpha value is -2.40. The lowest BCUT2D eigenvalue weighted by Gasteiger charge is -2.44. The molecule has 2 atom stereocenters. The van der Waals surface area contributed by atoms with Gasteiger partial charge in [0.2, 0.25) is 0 Å². The van der Waals surface area contributed by atoms with Gasteiger partial charge in [-0.05, 0) is 50.7 Å². The summed E-state index contributed by atoms with van der Waals surface area (Å²) in [5.41, 5.74) is 2.89. The van der Waals surface area contributed by atoms with Crippen molar-refractivity contribution in [2.45, 2.75) is 51.5 Å². The Kier molecular flexibility index (Phi) is 4.78. The van der Waals surface area contributed by atoms with E-state index in [1.807, 2.05) is 37.3 Å². The number of hydrogen-bond acceptors (Lipinski definition) is 3. The van der Waals surface area contributed by atoms with Gasteiger partial charge in [-0.3, -0.25) is 4.79 Å². The summed E-state index contributed by atoms with van der Waals surface area (Å²) in [6.07, 6.45) is 8.79. The summed E-state index contributed by atoms with van der Waals surface area (Å²) in [5, 5.41) is 5.88. The summed E-state index contributed by atoms with van der Waals surface area (Å²) in [6.45, 7) is 2.73. The van der Waals surface area contributed by atoms with Gasteiger partial charge in [0, 0.05) is 18.8 Å². The van der Waals surface area contributed by atoms with Gasteiger partial charge in [0.1, 0.15) is 0 Å². The average molecular weight is 409 g/mol. The standard InChI is InChI=1S/C23H25ClN4O/c1-15-20-21(24)18(14-25-22(20)28(26-15)17-10-3-2-4-11-17)23(29)27-13-7-9-16-8-5-6-12-19(16)27/h2-4,10-11,14,16,19H,5-9,12-13H2,1H3/t16-,19-/m0/s1. The van der Waals surface area contributed by atoms with Crippen LogP contribution in [-0.4, -0.2) is 38.2 Å². The maximum Gasteiger partial charge on any atom is 0.257 e.